The second-order valence-electron chi connectivity index (χ2n) is 4.44. The van der Waals surface area contributed by atoms with Crippen LogP contribution in [-0.2, 0) is 19.6 Å². The molecular formula is C14H14BrNO4S2. The van der Waals surface area contributed by atoms with Crippen molar-refractivity contribution in [3.63, 3.8) is 0 Å². The van der Waals surface area contributed by atoms with E-state index in [4.69, 9.17) is 0 Å². The smallest absolute Gasteiger partial charge is 0.307 e. The number of rotatable bonds is 6. The summed E-state index contributed by atoms with van der Waals surface area (Å²) in [7, 11) is -2.41. The summed E-state index contributed by atoms with van der Waals surface area (Å²) in [5.74, 6) is -0.484. The molecule has 8 heteroatoms. The number of thiophene rings is 1. The molecule has 22 heavy (non-hydrogen) atoms. The Bertz CT molecular complexity index is 727. The molecule has 0 bridgehead atoms. The van der Waals surface area contributed by atoms with Crippen LogP contribution in [0.25, 0.3) is 0 Å². The number of esters is 1. The maximum absolute atomic E-state index is 12.4. The Kier molecular flexibility index (Phi) is 5.74. The average molecular weight is 404 g/mol. The predicted octanol–water partition coefficient (Wildman–Crippen LogP) is 3.09. The molecule has 0 fully saturated rings. The third kappa shape index (κ3) is 4.39. The average Bonchev–Trinajstić information content (AvgIpc) is 3.02. The minimum absolute atomic E-state index is 0.0806. The second-order valence-corrected chi connectivity index (χ2v) is 8.24. The van der Waals surface area contributed by atoms with Gasteiger partial charge in [-0.2, -0.15) is 0 Å². The van der Waals surface area contributed by atoms with E-state index in [1.807, 2.05) is 0 Å². The number of ether oxygens (including phenoxy) is 1. The van der Waals surface area contributed by atoms with Crippen LogP contribution < -0.4 is 4.72 Å². The van der Waals surface area contributed by atoms with Crippen LogP contribution in [0.3, 0.4) is 0 Å². The monoisotopic (exact) mass is 403 g/mol. The Balaban J connectivity index is 2.28. The first-order valence-corrected chi connectivity index (χ1v) is 9.46. The van der Waals surface area contributed by atoms with Crippen molar-refractivity contribution >= 4 is 43.3 Å². The Hall–Kier alpha value is -1.22. The molecule has 0 aliphatic carbocycles. The summed E-state index contributed by atoms with van der Waals surface area (Å²) in [6, 6.07) is 9.59. The van der Waals surface area contributed by atoms with Gasteiger partial charge in [-0.3, -0.25) is 4.79 Å². The number of methoxy groups -OCH3 is 1. The van der Waals surface area contributed by atoms with E-state index >= 15 is 0 Å². The number of hydrogen-bond donors (Lipinski definition) is 1. The first-order chi connectivity index (χ1) is 10.4. The standard InChI is InChI=1S/C14H14BrNO4S2/c1-20-13(17)9-12(10-4-6-11(15)7-5-10)16-22(18,19)14-3-2-8-21-14/h2-8,12,16H,9H2,1H3. The van der Waals surface area contributed by atoms with Crippen LogP contribution in [0.4, 0.5) is 0 Å². The maximum atomic E-state index is 12.4. The second kappa shape index (κ2) is 7.36. The third-order valence-corrected chi connectivity index (χ3v) is 6.33. The highest BCUT2D eigenvalue weighted by Crippen LogP contribution is 2.24. The molecule has 0 saturated carbocycles. The van der Waals surface area contributed by atoms with Crippen molar-refractivity contribution in [2.24, 2.45) is 0 Å². The van der Waals surface area contributed by atoms with Crippen molar-refractivity contribution in [2.45, 2.75) is 16.7 Å². The van der Waals surface area contributed by atoms with Crippen LogP contribution in [-0.4, -0.2) is 21.5 Å². The number of benzene rings is 1. The van der Waals surface area contributed by atoms with E-state index in [-0.39, 0.29) is 10.6 Å². The fraction of sp³-hybridized carbons (Fsp3) is 0.214. The summed E-state index contributed by atoms with van der Waals surface area (Å²) in [5, 5.41) is 1.68. The van der Waals surface area contributed by atoms with Gasteiger partial charge in [0.15, 0.2) is 0 Å². The number of sulfonamides is 1. The van der Waals surface area contributed by atoms with Crippen molar-refractivity contribution in [3.8, 4) is 0 Å². The molecule has 5 nitrogen and oxygen atoms in total. The zero-order valence-electron chi connectivity index (χ0n) is 11.7. The molecule has 1 aromatic heterocycles. The SMILES string of the molecule is COC(=O)CC(NS(=O)(=O)c1cccs1)c1ccc(Br)cc1. The minimum atomic E-state index is -3.68. The molecule has 1 heterocycles. The van der Waals surface area contributed by atoms with Gasteiger partial charge in [0.05, 0.1) is 19.6 Å². The highest BCUT2D eigenvalue weighted by Gasteiger charge is 2.24. The van der Waals surface area contributed by atoms with E-state index in [0.717, 1.165) is 15.8 Å². The largest absolute Gasteiger partial charge is 0.469 e. The molecule has 0 aliphatic rings. The topological polar surface area (TPSA) is 72.5 Å². The van der Waals surface area contributed by atoms with Gasteiger partial charge in [-0.15, -0.1) is 11.3 Å². The molecule has 118 valence electrons. The van der Waals surface area contributed by atoms with Crippen molar-refractivity contribution in [2.75, 3.05) is 7.11 Å². The van der Waals surface area contributed by atoms with Crippen LogP contribution in [0.2, 0.25) is 0 Å². The first-order valence-electron chi connectivity index (χ1n) is 6.30. The van der Waals surface area contributed by atoms with E-state index < -0.39 is 22.0 Å². The van der Waals surface area contributed by atoms with Crippen LogP contribution in [0, 0.1) is 0 Å². The minimum Gasteiger partial charge on any atom is -0.469 e. The van der Waals surface area contributed by atoms with Crippen LogP contribution in [0.1, 0.15) is 18.0 Å². The molecule has 0 spiro atoms. The number of carbonyl (C=O) groups is 1. The summed E-state index contributed by atoms with van der Waals surface area (Å²) in [6.07, 6.45) is -0.0806. The lowest BCUT2D eigenvalue weighted by molar-refractivity contribution is -0.141. The lowest BCUT2D eigenvalue weighted by Crippen LogP contribution is -2.30. The Morgan fingerprint density at radius 2 is 2.00 bits per heavy atom. The van der Waals surface area contributed by atoms with Gasteiger partial charge in [0.25, 0.3) is 10.0 Å². The maximum Gasteiger partial charge on any atom is 0.307 e. The Labute approximate surface area is 141 Å². The van der Waals surface area contributed by atoms with Crippen LogP contribution in [0.5, 0.6) is 0 Å². The molecule has 1 unspecified atom stereocenters. The number of halogens is 1. The van der Waals surface area contributed by atoms with E-state index in [1.54, 1.807) is 35.7 Å². The van der Waals surface area contributed by atoms with Gasteiger partial charge in [0.1, 0.15) is 4.21 Å². The van der Waals surface area contributed by atoms with E-state index in [1.165, 1.54) is 13.2 Å². The molecule has 1 aromatic carbocycles. The quantitative estimate of drug-likeness (QED) is 0.752. The third-order valence-electron chi connectivity index (χ3n) is 2.93. The fourth-order valence-corrected chi connectivity index (χ4v) is 4.33. The fourth-order valence-electron chi connectivity index (χ4n) is 1.83. The van der Waals surface area contributed by atoms with E-state index in [2.05, 4.69) is 25.4 Å². The Morgan fingerprint density at radius 1 is 1.32 bits per heavy atom. The lowest BCUT2D eigenvalue weighted by atomic mass is 10.1. The lowest BCUT2D eigenvalue weighted by Gasteiger charge is -2.17. The number of carbonyl (C=O) groups excluding carboxylic acids is 1. The van der Waals surface area contributed by atoms with Crippen molar-refractivity contribution in [3.05, 3.63) is 51.8 Å². The molecule has 1 atom stereocenters. The van der Waals surface area contributed by atoms with Gasteiger partial charge in [-0.05, 0) is 29.1 Å². The zero-order chi connectivity index (χ0) is 16.2. The molecule has 2 aromatic rings. The normalized spacial score (nSPS) is 12.8. The van der Waals surface area contributed by atoms with E-state index in [0.29, 0.717) is 5.56 Å². The molecule has 0 radical (unpaired) electrons. The Morgan fingerprint density at radius 3 is 2.55 bits per heavy atom. The summed E-state index contributed by atoms with van der Waals surface area (Å²) < 4.78 is 33.0. The number of hydrogen-bond acceptors (Lipinski definition) is 5. The van der Waals surface area contributed by atoms with Crippen molar-refractivity contribution in [1.29, 1.82) is 0 Å². The summed E-state index contributed by atoms with van der Waals surface area (Å²) in [6.45, 7) is 0. The predicted molar refractivity (Wildman–Crippen MR) is 88.2 cm³/mol. The van der Waals surface area contributed by atoms with Crippen LogP contribution >= 0.6 is 27.3 Å². The van der Waals surface area contributed by atoms with Crippen molar-refractivity contribution in [1.82, 2.24) is 4.72 Å². The summed E-state index contributed by atoms with van der Waals surface area (Å²) in [5.41, 5.74) is 0.689. The van der Waals surface area contributed by atoms with Gasteiger partial charge >= 0.3 is 5.97 Å². The number of nitrogens with one attached hydrogen (secondary N) is 1. The molecule has 0 saturated heterocycles. The molecule has 0 amide bonds. The van der Waals surface area contributed by atoms with Gasteiger partial charge in [0.2, 0.25) is 0 Å². The van der Waals surface area contributed by atoms with Gasteiger partial charge in [-0.25, -0.2) is 13.1 Å². The highest BCUT2D eigenvalue weighted by atomic mass is 79.9. The van der Waals surface area contributed by atoms with Gasteiger partial charge in [0, 0.05) is 4.47 Å². The highest BCUT2D eigenvalue weighted by molar-refractivity contribution is 9.10. The van der Waals surface area contributed by atoms with E-state index in [9.17, 15) is 13.2 Å². The summed E-state index contributed by atoms with van der Waals surface area (Å²) >= 11 is 4.44. The molecule has 2 rings (SSSR count). The van der Waals surface area contributed by atoms with Crippen molar-refractivity contribution < 1.29 is 17.9 Å². The molecular weight excluding hydrogens is 390 g/mol. The zero-order valence-corrected chi connectivity index (χ0v) is 14.9. The summed E-state index contributed by atoms with van der Waals surface area (Å²) in [4.78, 5) is 11.6. The first kappa shape index (κ1) is 17.1. The van der Waals surface area contributed by atoms with Crippen LogP contribution in [0.15, 0.2) is 50.5 Å². The molecule has 0 aliphatic heterocycles. The molecule has 1 N–H and O–H groups in total. The van der Waals surface area contributed by atoms with Gasteiger partial charge < -0.3 is 4.74 Å². The van der Waals surface area contributed by atoms with Gasteiger partial charge in [-0.1, -0.05) is 34.1 Å².